The zero-order chi connectivity index (χ0) is 21.5. The molecule has 8 heteroatoms. The molecule has 3 aliphatic rings. The summed E-state index contributed by atoms with van der Waals surface area (Å²) in [6.45, 7) is 1.59. The number of rotatable bonds is 4. The minimum Gasteiger partial charge on any atom is -0.385 e. The molecule has 0 aliphatic carbocycles. The standard InChI is InChI=1S/C23H22N4O4/c28-20-8-7-19(21(29)26-20)27-22(30)16-5-4-15(11-17(16)23(27)31)25-12-13-3-6-18-14(10-13)2-1-9-24-18/h3-6,10-11,19,24-25H,1-2,7-9,12H2,(H,26,28,29). The van der Waals surface area contributed by atoms with Gasteiger partial charge in [0.05, 0.1) is 11.1 Å². The van der Waals surface area contributed by atoms with E-state index in [2.05, 4.69) is 34.1 Å². The Labute approximate surface area is 179 Å². The Balaban J connectivity index is 1.32. The molecule has 0 saturated carbocycles. The number of nitrogens with one attached hydrogen (secondary N) is 3. The number of fused-ring (bicyclic) bond motifs is 2. The third-order valence-electron chi connectivity index (χ3n) is 6.04. The van der Waals surface area contributed by atoms with Gasteiger partial charge in [-0.05, 0) is 54.7 Å². The van der Waals surface area contributed by atoms with Crippen LogP contribution >= 0.6 is 0 Å². The summed E-state index contributed by atoms with van der Waals surface area (Å²) in [7, 11) is 0. The highest BCUT2D eigenvalue weighted by Gasteiger charge is 2.44. The number of imide groups is 2. The minimum atomic E-state index is -0.953. The first kappa shape index (κ1) is 19.3. The molecule has 2 aromatic rings. The number of carbonyl (C=O) groups is 4. The Morgan fingerprint density at radius 3 is 2.65 bits per heavy atom. The number of anilines is 2. The van der Waals surface area contributed by atoms with Crippen LogP contribution in [0.5, 0.6) is 0 Å². The van der Waals surface area contributed by atoms with E-state index >= 15 is 0 Å². The van der Waals surface area contributed by atoms with Gasteiger partial charge in [0.15, 0.2) is 0 Å². The highest BCUT2D eigenvalue weighted by Crippen LogP contribution is 2.30. The van der Waals surface area contributed by atoms with Crippen molar-refractivity contribution in [1.82, 2.24) is 10.2 Å². The Morgan fingerprint density at radius 2 is 1.81 bits per heavy atom. The van der Waals surface area contributed by atoms with Gasteiger partial charge < -0.3 is 10.6 Å². The molecular weight excluding hydrogens is 396 g/mol. The summed E-state index contributed by atoms with van der Waals surface area (Å²) < 4.78 is 0. The quantitative estimate of drug-likeness (QED) is 0.656. The fourth-order valence-electron chi connectivity index (χ4n) is 4.42. The number of piperidine rings is 1. The Kier molecular flexibility index (Phi) is 4.69. The van der Waals surface area contributed by atoms with Crippen LogP contribution in [-0.2, 0) is 22.6 Å². The number of carbonyl (C=O) groups excluding carboxylic acids is 4. The van der Waals surface area contributed by atoms with Crippen LogP contribution < -0.4 is 16.0 Å². The maximum atomic E-state index is 12.9. The van der Waals surface area contributed by atoms with Gasteiger partial charge >= 0.3 is 0 Å². The van der Waals surface area contributed by atoms with Crippen LogP contribution in [0.4, 0.5) is 11.4 Å². The molecule has 3 heterocycles. The second-order valence-corrected chi connectivity index (χ2v) is 8.08. The Bertz CT molecular complexity index is 1130. The molecule has 1 atom stereocenters. The van der Waals surface area contributed by atoms with Crippen molar-refractivity contribution < 1.29 is 19.2 Å². The van der Waals surface area contributed by atoms with Crippen LogP contribution in [0.25, 0.3) is 0 Å². The fourth-order valence-corrected chi connectivity index (χ4v) is 4.42. The van der Waals surface area contributed by atoms with Gasteiger partial charge in [0, 0.05) is 30.9 Å². The van der Waals surface area contributed by atoms with Gasteiger partial charge in [-0.3, -0.25) is 29.4 Å². The average Bonchev–Trinajstić information content (AvgIpc) is 3.02. The molecule has 31 heavy (non-hydrogen) atoms. The molecule has 8 nitrogen and oxygen atoms in total. The molecule has 158 valence electrons. The van der Waals surface area contributed by atoms with Gasteiger partial charge in [-0.15, -0.1) is 0 Å². The first-order valence-electron chi connectivity index (χ1n) is 10.5. The first-order chi connectivity index (χ1) is 15.0. The van der Waals surface area contributed by atoms with Crippen molar-refractivity contribution in [3.8, 4) is 0 Å². The van der Waals surface area contributed by atoms with E-state index < -0.39 is 23.8 Å². The van der Waals surface area contributed by atoms with Gasteiger partial charge in [0.1, 0.15) is 6.04 Å². The minimum absolute atomic E-state index is 0.104. The Morgan fingerprint density at radius 1 is 0.968 bits per heavy atom. The summed E-state index contributed by atoms with van der Waals surface area (Å²) >= 11 is 0. The molecule has 4 amide bonds. The maximum absolute atomic E-state index is 12.9. The average molecular weight is 418 g/mol. The van der Waals surface area contributed by atoms with E-state index in [0.29, 0.717) is 6.54 Å². The zero-order valence-electron chi connectivity index (χ0n) is 16.9. The summed E-state index contributed by atoms with van der Waals surface area (Å²) in [5.74, 6) is -1.99. The number of benzene rings is 2. The molecular formula is C23H22N4O4. The molecule has 2 aromatic carbocycles. The largest absolute Gasteiger partial charge is 0.385 e. The van der Waals surface area contributed by atoms with Crippen molar-refractivity contribution in [2.24, 2.45) is 0 Å². The second kappa shape index (κ2) is 7.54. The third-order valence-corrected chi connectivity index (χ3v) is 6.04. The maximum Gasteiger partial charge on any atom is 0.262 e. The van der Waals surface area contributed by atoms with E-state index in [9.17, 15) is 19.2 Å². The Hall–Kier alpha value is -3.68. The van der Waals surface area contributed by atoms with E-state index in [1.54, 1.807) is 18.2 Å². The van der Waals surface area contributed by atoms with Crippen molar-refractivity contribution in [2.45, 2.75) is 38.3 Å². The van der Waals surface area contributed by atoms with E-state index in [1.807, 2.05) is 0 Å². The van der Waals surface area contributed by atoms with Crippen LogP contribution in [0.1, 0.15) is 51.1 Å². The summed E-state index contributed by atoms with van der Waals surface area (Å²) in [4.78, 5) is 50.2. The van der Waals surface area contributed by atoms with E-state index in [0.717, 1.165) is 35.5 Å². The van der Waals surface area contributed by atoms with Crippen LogP contribution in [0, 0.1) is 0 Å². The molecule has 5 rings (SSSR count). The van der Waals surface area contributed by atoms with Crippen molar-refractivity contribution >= 4 is 35.0 Å². The number of amides is 4. The molecule has 0 radical (unpaired) electrons. The highest BCUT2D eigenvalue weighted by molar-refractivity contribution is 6.23. The van der Waals surface area contributed by atoms with Crippen molar-refractivity contribution in [2.75, 3.05) is 17.2 Å². The summed E-state index contributed by atoms with van der Waals surface area (Å²) in [6, 6.07) is 10.4. The van der Waals surface area contributed by atoms with E-state index in [4.69, 9.17) is 0 Å². The number of aryl methyl sites for hydroxylation is 1. The monoisotopic (exact) mass is 418 g/mol. The lowest BCUT2D eigenvalue weighted by molar-refractivity contribution is -0.136. The summed E-state index contributed by atoms with van der Waals surface area (Å²) in [6.07, 6.45) is 2.43. The summed E-state index contributed by atoms with van der Waals surface area (Å²) in [5.41, 5.74) is 4.90. The lowest BCUT2D eigenvalue weighted by Gasteiger charge is -2.27. The predicted molar refractivity (Wildman–Crippen MR) is 114 cm³/mol. The number of hydrogen-bond acceptors (Lipinski definition) is 6. The van der Waals surface area contributed by atoms with Gasteiger partial charge in [0.2, 0.25) is 11.8 Å². The van der Waals surface area contributed by atoms with Crippen molar-refractivity contribution in [1.29, 1.82) is 0 Å². The first-order valence-corrected chi connectivity index (χ1v) is 10.5. The fraction of sp³-hybridized carbons (Fsp3) is 0.304. The van der Waals surface area contributed by atoms with Crippen LogP contribution in [-0.4, -0.2) is 41.1 Å². The molecule has 1 fully saturated rings. The molecule has 1 unspecified atom stereocenters. The lowest BCUT2D eigenvalue weighted by Crippen LogP contribution is -2.54. The van der Waals surface area contributed by atoms with Gasteiger partial charge in [-0.25, -0.2) is 0 Å². The molecule has 3 N–H and O–H groups in total. The second-order valence-electron chi connectivity index (χ2n) is 8.08. The topological polar surface area (TPSA) is 108 Å². The highest BCUT2D eigenvalue weighted by atomic mass is 16.2. The normalized spacial score (nSPS) is 20.1. The summed E-state index contributed by atoms with van der Waals surface area (Å²) in [5, 5.41) is 8.92. The molecule has 0 aromatic heterocycles. The van der Waals surface area contributed by atoms with Gasteiger partial charge in [-0.1, -0.05) is 12.1 Å². The number of nitrogens with zero attached hydrogens (tertiary/aromatic N) is 1. The van der Waals surface area contributed by atoms with E-state index in [1.165, 1.54) is 11.3 Å². The van der Waals surface area contributed by atoms with E-state index in [-0.39, 0.29) is 29.9 Å². The van der Waals surface area contributed by atoms with Crippen LogP contribution in [0.3, 0.4) is 0 Å². The predicted octanol–water partition coefficient (Wildman–Crippen LogP) is 2.06. The lowest BCUT2D eigenvalue weighted by atomic mass is 10.0. The zero-order valence-corrected chi connectivity index (χ0v) is 16.9. The van der Waals surface area contributed by atoms with Crippen LogP contribution in [0.15, 0.2) is 36.4 Å². The van der Waals surface area contributed by atoms with Gasteiger partial charge in [0.25, 0.3) is 11.8 Å². The van der Waals surface area contributed by atoms with Crippen molar-refractivity contribution in [3.63, 3.8) is 0 Å². The van der Waals surface area contributed by atoms with Crippen molar-refractivity contribution in [3.05, 3.63) is 58.7 Å². The number of hydrogen-bond donors (Lipinski definition) is 3. The molecule has 1 saturated heterocycles. The van der Waals surface area contributed by atoms with Gasteiger partial charge in [-0.2, -0.15) is 0 Å². The molecule has 0 spiro atoms. The SMILES string of the molecule is O=C1CCC(N2C(=O)c3ccc(NCc4ccc5c(c4)CCCN5)cc3C2=O)C(=O)N1. The smallest absolute Gasteiger partial charge is 0.262 e. The molecule has 0 bridgehead atoms. The molecule has 3 aliphatic heterocycles. The third kappa shape index (κ3) is 3.43. The van der Waals surface area contributed by atoms with Crippen LogP contribution in [0.2, 0.25) is 0 Å².